The molecule has 3 aromatic rings. The van der Waals surface area contributed by atoms with Gasteiger partial charge in [0.1, 0.15) is 0 Å². The van der Waals surface area contributed by atoms with Crippen LogP contribution in [0.25, 0.3) is 26.2 Å². The maximum absolute atomic E-state index is 3.61. The van der Waals surface area contributed by atoms with Crippen LogP contribution >= 0.6 is 11.3 Å². The van der Waals surface area contributed by atoms with Gasteiger partial charge in [0.25, 0.3) is 0 Å². The van der Waals surface area contributed by atoms with Crippen molar-refractivity contribution in [1.82, 2.24) is 0 Å². The number of fused-ring (bicyclic) bond motifs is 4. The predicted molar refractivity (Wildman–Crippen MR) is 86.1 cm³/mol. The molecule has 2 aromatic carbocycles. The van der Waals surface area contributed by atoms with Crippen LogP contribution in [0.4, 0.5) is 5.69 Å². The average molecular weight is 265 g/mol. The van der Waals surface area contributed by atoms with E-state index in [1.54, 1.807) is 0 Å². The highest BCUT2D eigenvalue weighted by molar-refractivity contribution is 7.25. The molecule has 0 saturated heterocycles. The highest BCUT2D eigenvalue weighted by Crippen LogP contribution is 2.38. The third kappa shape index (κ3) is 1.75. The van der Waals surface area contributed by atoms with Gasteiger partial charge in [-0.25, -0.2) is 0 Å². The van der Waals surface area contributed by atoms with E-state index < -0.39 is 0 Å². The fraction of sp³-hybridized carbons (Fsp3) is 0.176. The topological polar surface area (TPSA) is 12.0 Å². The van der Waals surface area contributed by atoms with Crippen molar-refractivity contribution in [2.75, 3.05) is 5.32 Å². The van der Waals surface area contributed by atoms with Crippen molar-refractivity contribution in [3.05, 3.63) is 48.0 Å². The smallest absolute Gasteiger partial charge is 0.0423 e. The Balaban J connectivity index is 2.05. The molecule has 1 aliphatic heterocycles. The summed E-state index contributed by atoms with van der Waals surface area (Å²) in [5.41, 5.74) is 2.57. The molecular weight excluding hydrogens is 250 g/mol. The summed E-state index contributed by atoms with van der Waals surface area (Å²) in [7, 11) is 0. The Morgan fingerprint density at radius 1 is 1.11 bits per heavy atom. The Kier molecular flexibility index (Phi) is 2.39. The van der Waals surface area contributed by atoms with E-state index in [4.69, 9.17) is 0 Å². The highest BCUT2D eigenvalue weighted by Gasteiger charge is 2.12. The molecule has 4 rings (SSSR count). The van der Waals surface area contributed by atoms with E-state index in [1.807, 2.05) is 11.3 Å². The molecule has 0 amide bonds. The standard InChI is InChI=1S/C17H15NS/c1-11-5-4-6-12-9-17-14(10-15(12)18-11)13-7-2-3-8-16(13)19-17/h2-4,6-11,18H,5H2,1H3. The minimum absolute atomic E-state index is 0.500. The van der Waals surface area contributed by atoms with Crippen LogP contribution in [0.2, 0.25) is 0 Å². The summed E-state index contributed by atoms with van der Waals surface area (Å²) in [6, 6.07) is 13.8. The van der Waals surface area contributed by atoms with Gasteiger partial charge >= 0.3 is 0 Å². The second kappa shape index (κ2) is 4.10. The molecule has 94 valence electrons. The maximum atomic E-state index is 3.61. The number of nitrogens with one attached hydrogen (secondary N) is 1. The first-order valence-electron chi connectivity index (χ1n) is 6.69. The summed E-state index contributed by atoms with van der Waals surface area (Å²) in [6.07, 6.45) is 5.60. The summed E-state index contributed by atoms with van der Waals surface area (Å²) < 4.78 is 2.75. The zero-order valence-electron chi connectivity index (χ0n) is 10.8. The van der Waals surface area contributed by atoms with Crippen LogP contribution < -0.4 is 5.32 Å². The van der Waals surface area contributed by atoms with Crippen molar-refractivity contribution in [3.63, 3.8) is 0 Å². The molecule has 1 atom stereocenters. The highest BCUT2D eigenvalue weighted by atomic mass is 32.1. The molecule has 1 aromatic heterocycles. The van der Waals surface area contributed by atoms with Gasteiger partial charge in [-0.3, -0.25) is 0 Å². The molecule has 1 aliphatic rings. The molecule has 0 aliphatic carbocycles. The van der Waals surface area contributed by atoms with Gasteiger partial charge < -0.3 is 5.32 Å². The molecule has 19 heavy (non-hydrogen) atoms. The monoisotopic (exact) mass is 265 g/mol. The fourth-order valence-corrected chi connectivity index (χ4v) is 3.91. The quantitative estimate of drug-likeness (QED) is 0.583. The van der Waals surface area contributed by atoms with E-state index >= 15 is 0 Å². The van der Waals surface area contributed by atoms with Gasteiger partial charge in [-0.2, -0.15) is 0 Å². The fourth-order valence-electron chi connectivity index (χ4n) is 2.77. The van der Waals surface area contributed by atoms with E-state index in [0.29, 0.717) is 6.04 Å². The summed E-state index contributed by atoms with van der Waals surface area (Å²) in [6.45, 7) is 2.23. The summed E-state index contributed by atoms with van der Waals surface area (Å²) in [5.74, 6) is 0. The number of rotatable bonds is 0. The van der Waals surface area contributed by atoms with Crippen molar-refractivity contribution in [2.24, 2.45) is 0 Å². The number of hydrogen-bond donors (Lipinski definition) is 1. The number of hydrogen-bond acceptors (Lipinski definition) is 2. The second-order valence-electron chi connectivity index (χ2n) is 5.22. The molecule has 0 saturated carbocycles. The van der Waals surface area contributed by atoms with Crippen LogP contribution in [-0.2, 0) is 0 Å². The van der Waals surface area contributed by atoms with Crippen molar-refractivity contribution in [3.8, 4) is 0 Å². The molecule has 0 fully saturated rings. The maximum Gasteiger partial charge on any atom is 0.0423 e. The third-order valence-corrected chi connectivity index (χ3v) is 4.87. The number of anilines is 1. The van der Waals surface area contributed by atoms with Gasteiger partial charge in [0.15, 0.2) is 0 Å². The average Bonchev–Trinajstić information content (AvgIpc) is 2.65. The molecule has 2 heterocycles. The Bertz CT molecular complexity index is 797. The lowest BCUT2D eigenvalue weighted by Crippen LogP contribution is -2.13. The summed E-state index contributed by atoms with van der Waals surface area (Å²) >= 11 is 1.88. The van der Waals surface area contributed by atoms with Gasteiger partial charge in [0, 0.05) is 31.9 Å². The van der Waals surface area contributed by atoms with Crippen LogP contribution in [0.15, 0.2) is 42.5 Å². The third-order valence-electron chi connectivity index (χ3n) is 3.74. The van der Waals surface area contributed by atoms with E-state index in [-0.39, 0.29) is 0 Å². The van der Waals surface area contributed by atoms with Crippen LogP contribution in [0.3, 0.4) is 0 Å². The first-order valence-corrected chi connectivity index (χ1v) is 7.51. The SMILES string of the molecule is CC1CC=Cc2cc3sc4ccccc4c3cc2N1. The Hall–Kier alpha value is -1.80. The number of thiophene rings is 1. The lowest BCUT2D eigenvalue weighted by atomic mass is 10.1. The summed E-state index contributed by atoms with van der Waals surface area (Å²) in [5, 5.41) is 6.35. The Morgan fingerprint density at radius 2 is 2.00 bits per heavy atom. The number of benzene rings is 2. The molecular formula is C17H15NS. The van der Waals surface area contributed by atoms with E-state index in [1.165, 1.54) is 31.4 Å². The van der Waals surface area contributed by atoms with Gasteiger partial charge in [0.2, 0.25) is 0 Å². The van der Waals surface area contributed by atoms with Crippen LogP contribution in [0.1, 0.15) is 18.9 Å². The zero-order chi connectivity index (χ0) is 12.8. The molecule has 1 nitrogen and oxygen atoms in total. The first kappa shape index (κ1) is 11.1. The van der Waals surface area contributed by atoms with E-state index in [2.05, 4.69) is 60.8 Å². The largest absolute Gasteiger partial charge is 0.382 e. The van der Waals surface area contributed by atoms with E-state index in [9.17, 15) is 0 Å². The van der Waals surface area contributed by atoms with Crippen LogP contribution in [0, 0.1) is 0 Å². The summed E-state index contributed by atoms with van der Waals surface area (Å²) in [4.78, 5) is 0. The molecule has 1 N–H and O–H groups in total. The van der Waals surface area contributed by atoms with Crippen molar-refractivity contribution in [1.29, 1.82) is 0 Å². The van der Waals surface area contributed by atoms with Crippen LogP contribution in [0.5, 0.6) is 0 Å². The first-order chi connectivity index (χ1) is 9.31. The van der Waals surface area contributed by atoms with Crippen molar-refractivity contribution in [2.45, 2.75) is 19.4 Å². The van der Waals surface area contributed by atoms with Crippen molar-refractivity contribution < 1.29 is 0 Å². The van der Waals surface area contributed by atoms with Gasteiger partial charge in [0.05, 0.1) is 0 Å². The predicted octanol–water partition coefficient (Wildman–Crippen LogP) is 5.27. The molecule has 0 spiro atoms. The van der Waals surface area contributed by atoms with Gasteiger partial charge in [-0.15, -0.1) is 11.3 Å². The molecule has 0 radical (unpaired) electrons. The zero-order valence-corrected chi connectivity index (χ0v) is 11.6. The minimum atomic E-state index is 0.500. The normalized spacial score (nSPS) is 18.3. The Labute approximate surface area is 116 Å². The molecule has 1 unspecified atom stereocenters. The van der Waals surface area contributed by atoms with Crippen LogP contribution in [-0.4, -0.2) is 6.04 Å². The lowest BCUT2D eigenvalue weighted by Gasteiger charge is -2.13. The van der Waals surface area contributed by atoms with Crippen molar-refractivity contribution >= 4 is 43.3 Å². The molecule has 2 heteroatoms. The lowest BCUT2D eigenvalue weighted by molar-refractivity contribution is 0.819. The van der Waals surface area contributed by atoms with Gasteiger partial charge in [-0.05, 0) is 37.1 Å². The van der Waals surface area contributed by atoms with Gasteiger partial charge in [-0.1, -0.05) is 30.4 Å². The second-order valence-corrected chi connectivity index (χ2v) is 6.30. The van der Waals surface area contributed by atoms with E-state index in [0.717, 1.165) is 6.42 Å². The Morgan fingerprint density at radius 3 is 2.95 bits per heavy atom. The molecule has 0 bridgehead atoms. The minimum Gasteiger partial charge on any atom is -0.382 e.